The maximum absolute atomic E-state index is 12.9. The molecule has 1 aromatic heterocycles. The number of rotatable bonds is 7. The van der Waals surface area contributed by atoms with E-state index in [-0.39, 0.29) is 23.8 Å². The van der Waals surface area contributed by atoms with Gasteiger partial charge in [-0.15, -0.1) is 0 Å². The normalized spacial score (nSPS) is 18.8. The van der Waals surface area contributed by atoms with Crippen molar-refractivity contribution in [2.24, 2.45) is 15.9 Å². The quantitative estimate of drug-likeness (QED) is 0.566. The molecule has 1 aromatic carbocycles. The lowest BCUT2D eigenvalue weighted by atomic mass is 10.0. The summed E-state index contributed by atoms with van der Waals surface area (Å²) in [6.07, 6.45) is 4.71. The van der Waals surface area contributed by atoms with Gasteiger partial charge in [0.2, 0.25) is 5.91 Å². The van der Waals surface area contributed by atoms with E-state index in [1.165, 1.54) is 0 Å². The zero-order chi connectivity index (χ0) is 24.9. The minimum Gasteiger partial charge on any atom is -0.383 e. The molecular formula is C25H29N7O3. The van der Waals surface area contributed by atoms with Crippen molar-refractivity contribution in [3.63, 3.8) is 0 Å². The number of hydrogen-bond donors (Lipinski definition) is 3. The fourth-order valence-electron chi connectivity index (χ4n) is 4.05. The van der Waals surface area contributed by atoms with Crippen LogP contribution in [0.3, 0.4) is 0 Å². The predicted octanol–water partition coefficient (Wildman–Crippen LogP) is 2.58. The van der Waals surface area contributed by atoms with Crippen molar-refractivity contribution in [1.29, 1.82) is 0 Å². The molecule has 2 aliphatic heterocycles. The van der Waals surface area contributed by atoms with Crippen LogP contribution in [0.4, 0.5) is 11.4 Å². The van der Waals surface area contributed by atoms with Gasteiger partial charge in [-0.3, -0.25) is 25.0 Å². The molecule has 0 saturated carbocycles. The standard InChI is InChI=1S/C25H29N7O3/c1-15-5-6-19(30-24(33)18-7-9-26-10-8-18)11-21(15)31-23-22-17(3)20(12-32(22)28-14-27-23)25(34)29-16(2)13-35-4/h5-11,14,16,20H,12-13H2,1-4H3,(H,29,34)(H,30,33)(H,27,28,31)/t16-,20?/m0/s1. The number of methoxy groups -OCH3 is 1. The molecule has 0 bridgehead atoms. The van der Waals surface area contributed by atoms with Crippen molar-refractivity contribution in [2.75, 3.05) is 25.6 Å². The number of benzene rings is 1. The Kier molecular flexibility index (Phi) is 7.21. The van der Waals surface area contributed by atoms with Crippen LogP contribution in [-0.2, 0) is 9.53 Å². The predicted molar refractivity (Wildman–Crippen MR) is 134 cm³/mol. The second kappa shape index (κ2) is 10.5. The number of nitrogens with zero attached hydrogens (tertiary/aromatic N) is 4. The fraction of sp³-hybridized carbons (Fsp3) is 0.320. The number of nitrogens with one attached hydrogen (secondary N) is 3. The number of aliphatic imine (C=N–C) groups is 2. The van der Waals surface area contributed by atoms with Gasteiger partial charge in [-0.2, -0.15) is 0 Å². The van der Waals surface area contributed by atoms with Crippen LogP contribution in [0.5, 0.6) is 0 Å². The summed E-state index contributed by atoms with van der Waals surface area (Å²) < 4.78 is 5.12. The van der Waals surface area contributed by atoms with E-state index >= 15 is 0 Å². The Morgan fingerprint density at radius 1 is 1.26 bits per heavy atom. The van der Waals surface area contributed by atoms with Gasteiger partial charge in [-0.1, -0.05) is 6.07 Å². The monoisotopic (exact) mass is 475 g/mol. The summed E-state index contributed by atoms with van der Waals surface area (Å²) in [6, 6.07) is 8.76. The summed E-state index contributed by atoms with van der Waals surface area (Å²) in [5.74, 6) is -0.128. The van der Waals surface area contributed by atoms with Gasteiger partial charge in [0.05, 0.1) is 24.8 Å². The zero-order valence-electron chi connectivity index (χ0n) is 20.2. The molecular weight excluding hydrogens is 446 g/mol. The smallest absolute Gasteiger partial charge is 0.255 e. The number of amides is 2. The highest BCUT2D eigenvalue weighted by Gasteiger charge is 2.37. The van der Waals surface area contributed by atoms with Crippen LogP contribution in [0.25, 0.3) is 0 Å². The van der Waals surface area contributed by atoms with Crippen molar-refractivity contribution in [1.82, 2.24) is 20.7 Å². The van der Waals surface area contributed by atoms with Gasteiger partial charge >= 0.3 is 0 Å². The lowest BCUT2D eigenvalue weighted by Crippen LogP contribution is -2.44. The second-order valence-electron chi connectivity index (χ2n) is 8.57. The highest BCUT2D eigenvalue weighted by atomic mass is 16.5. The summed E-state index contributed by atoms with van der Waals surface area (Å²) in [5.41, 5.74) is 7.50. The van der Waals surface area contributed by atoms with Crippen molar-refractivity contribution < 1.29 is 14.3 Å². The SMILES string of the molecule is COC[C@H](C)NC(=O)C1CN2NC=NC(=Nc3cc(NC(=O)c4ccncc4)ccc3C)C2=C1C. The van der Waals surface area contributed by atoms with Crippen LogP contribution < -0.4 is 16.1 Å². The Hall–Kier alpha value is -4.05. The van der Waals surface area contributed by atoms with Gasteiger partial charge < -0.3 is 15.4 Å². The molecule has 0 aliphatic carbocycles. The van der Waals surface area contributed by atoms with Gasteiger partial charge in [0.1, 0.15) is 12.0 Å². The minimum absolute atomic E-state index is 0.0629. The number of carbonyl (C=O) groups is 2. The average Bonchev–Trinajstić information content (AvgIpc) is 3.19. The van der Waals surface area contributed by atoms with E-state index in [1.807, 2.05) is 44.0 Å². The molecule has 3 heterocycles. The van der Waals surface area contributed by atoms with Crippen LogP contribution in [0.1, 0.15) is 29.8 Å². The summed E-state index contributed by atoms with van der Waals surface area (Å²) in [6.45, 7) is 6.69. The van der Waals surface area contributed by atoms with Crippen molar-refractivity contribution in [3.05, 3.63) is 65.1 Å². The van der Waals surface area contributed by atoms with Crippen LogP contribution in [0.2, 0.25) is 0 Å². The molecule has 2 amide bonds. The summed E-state index contributed by atoms with van der Waals surface area (Å²) >= 11 is 0. The molecule has 2 atom stereocenters. The molecule has 1 unspecified atom stereocenters. The van der Waals surface area contributed by atoms with Crippen molar-refractivity contribution >= 4 is 35.4 Å². The van der Waals surface area contributed by atoms with Crippen molar-refractivity contribution in [2.45, 2.75) is 26.8 Å². The second-order valence-corrected chi connectivity index (χ2v) is 8.57. The maximum Gasteiger partial charge on any atom is 0.255 e. The number of ether oxygens (including phenoxy) is 1. The molecule has 10 nitrogen and oxygen atoms in total. The molecule has 0 radical (unpaired) electrons. The molecule has 4 rings (SSSR count). The third-order valence-electron chi connectivity index (χ3n) is 5.90. The van der Waals surface area contributed by atoms with E-state index in [9.17, 15) is 9.59 Å². The van der Waals surface area contributed by atoms with E-state index < -0.39 is 0 Å². The number of aromatic nitrogens is 1. The third-order valence-corrected chi connectivity index (χ3v) is 5.90. The highest BCUT2D eigenvalue weighted by molar-refractivity contribution is 6.07. The lowest BCUT2D eigenvalue weighted by Gasteiger charge is -2.25. The molecule has 35 heavy (non-hydrogen) atoms. The van der Waals surface area contributed by atoms with Crippen molar-refractivity contribution in [3.8, 4) is 0 Å². The van der Waals surface area contributed by atoms with Crippen LogP contribution in [0.15, 0.2) is 64.0 Å². The third kappa shape index (κ3) is 5.38. The van der Waals surface area contributed by atoms with E-state index in [0.29, 0.717) is 35.9 Å². The average molecular weight is 476 g/mol. The minimum atomic E-state index is -0.337. The van der Waals surface area contributed by atoms with E-state index in [1.54, 1.807) is 38.0 Å². The van der Waals surface area contributed by atoms with Crippen LogP contribution in [0, 0.1) is 12.8 Å². The molecule has 0 spiro atoms. The molecule has 2 aliphatic rings. The first-order valence-corrected chi connectivity index (χ1v) is 11.3. The molecule has 0 fully saturated rings. The number of aryl methyl sites for hydroxylation is 1. The summed E-state index contributed by atoms with van der Waals surface area (Å²) in [7, 11) is 1.61. The first-order valence-electron chi connectivity index (χ1n) is 11.3. The number of amidine groups is 1. The first kappa shape index (κ1) is 24.1. The van der Waals surface area contributed by atoms with Crippen LogP contribution >= 0.6 is 0 Å². The number of fused-ring (bicyclic) bond motifs is 1. The Bertz CT molecular complexity index is 1210. The number of pyridine rings is 1. The number of carbonyl (C=O) groups excluding carboxylic acids is 2. The molecule has 2 aromatic rings. The first-order chi connectivity index (χ1) is 16.9. The number of hydrazine groups is 1. The molecule has 182 valence electrons. The van der Waals surface area contributed by atoms with Gasteiger partial charge in [0.15, 0.2) is 5.84 Å². The van der Waals surface area contributed by atoms with Crippen LogP contribution in [-0.4, -0.2) is 60.3 Å². The Morgan fingerprint density at radius 2 is 2.03 bits per heavy atom. The zero-order valence-corrected chi connectivity index (χ0v) is 20.2. The van der Waals surface area contributed by atoms with Gasteiger partial charge in [-0.25, -0.2) is 9.98 Å². The fourth-order valence-corrected chi connectivity index (χ4v) is 4.05. The van der Waals surface area contributed by atoms with E-state index in [2.05, 4.69) is 26.0 Å². The summed E-state index contributed by atoms with van der Waals surface area (Å²) in [5, 5.41) is 7.78. The number of hydrogen-bond acceptors (Lipinski definition) is 7. The Morgan fingerprint density at radius 3 is 2.77 bits per heavy atom. The molecule has 3 N–H and O–H groups in total. The Labute approximate surface area is 204 Å². The maximum atomic E-state index is 12.9. The Balaban J connectivity index is 1.59. The summed E-state index contributed by atoms with van der Waals surface area (Å²) in [4.78, 5) is 38.6. The highest BCUT2D eigenvalue weighted by Crippen LogP contribution is 2.32. The largest absolute Gasteiger partial charge is 0.383 e. The molecule has 0 saturated heterocycles. The lowest BCUT2D eigenvalue weighted by molar-refractivity contribution is -0.124. The van der Waals surface area contributed by atoms with Gasteiger partial charge in [0.25, 0.3) is 5.91 Å². The van der Waals surface area contributed by atoms with E-state index in [4.69, 9.17) is 9.73 Å². The molecule has 10 heteroatoms. The number of anilines is 1. The topological polar surface area (TPSA) is 120 Å². The van der Waals surface area contributed by atoms with E-state index in [0.717, 1.165) is 16.8 Å². The van der Waals surface area contributed by atoms with Gasteiger partial charge in [-0.05, 0) is 56.2 Å². The van der Waals surface area contributed by atoms with Gasteiger partial charge in [0, 0.05) is 36.8 Å².